The molecule has 140 valence electrons. The van der Waals surface area contributed by atoms with Crippen LogP contribution in [0.2, 0.25) is 0 Å². The number of ether oxygens (including phenoxy) is 1. The molecule has 0 saturated carbocycles. The summed E-state index contributed by atoms with van der Waals surface area (Å²) in [5.41, 5.74) is 1.26. The van der Waals surface area contributed by atoms with Gasteiger partial charge in [-0.25, -0.2) is 4.79 Å². The monoisotopic (exact) mass is 378 g/mol. The summed E-state index contributed by atoms with van der Waals surface area (Å²) >= 11 is 0. The zero-order chi connectivity index (χ0) is 19.3. The number of rotatable bonds is 6. The van der Waals surface area contributed by atoms with Crippen LogP contribution in [0.25, 0.3) is 0 Å². The van der Waals surface area contributed by atoms with E-state index in [9.17, 15) is 13.2 Å². The highest BCUT2D eigenvalue weighted by molar-refractivity contribution is 7.85. The van der Waals surface area contributed by atoms with Crippen LogP contribution in [-0.2, 0) is 10.1 Å². The Kier molecular flexibility index (Phi) is 6.23. The fourth-order valence-corrected chi connectivity index (χ4v) is 2.90. The molecule has 0 heterocycles. The molecular formula is C18H22N2O5S. The summed E-state index contributed by atoms with van der Waals surface area (Å²) in [4.78, 5) is 11.8. The highest BCUT2D eigenvalue weighted by Crippen LogP contribution is 2.26. The lowest BCUT2D eigenvalue weighted by atomic mass is 10.0. The Morgan fingerprint density at radius 2 is 1.77 bits per heavy atom. The summed E-state index contributed by atoms with van der Waals surface area (Å²) in [7, 11) is -4.33. The lowest BCUT2D eigenvalue weighted by Gasteiger charge is -2.20. The molecule has 8 heteroatoms. The minimum Gasteiger partial charge on any atom is -0.471 e. The average Bonchev–Trinajstić information content (AvgIpc) is 2.54. The van der Waals surface area contributed by atoms with Crippen molar-refractivity contribution in [1.29, 1.82) is 0 Å². The third-order valence-electron chi connectivity index (χ3n) is 3.57. The number of anilines is 1. The van der Waals surface area contributed by atoms with Crippen molar-refractivity contribution in [3.05, 3.63) is 54.1 Å². The van der Waals surface area contributed by atoms with Crippen molar-refractivity contribution in [3.63, 3.8) is 0 Å². The highest BCUT2D eigenvalue weighted by Gasteiger charge is 2.14. The lowest BCUT2D eigenvalue weighted by molar-refractivity contribution is 0.181. The van der Waals surface area contributed by atoms with Crippen LogP contribution in [-0.4, -0.2) is 25.2 Å². The fraction of sp³-hybridized carbons (Fsp3) is 0.278. The summed E-state index contributed by atoms with van der Waals surface area (Å²) < 4.78 is 37.1. The van der Waals surface area contributed by atoms with Crippen LogP contribution >= 0.6 is 0 Å². The molecule has 3 N–H and O–H groups in total. The van der Waals surface area contributed by atoms with E-state index in [2.05, 4.69) is 24.5 Å². The quantitative estimate of drug-likeness (QED) is 0.526. The second-order valence-corrected chi connectivity index (χ2v) is 7.48. The van der Waals surface area contributed by atoms with Gasteiger partial charge in [-0.15, -0.1) is 0 Å². The van der Waals surface area contributed by atoms with Gasteiger partial charge in [0.1, 0.15) is 5.75 Å². The van der Waals surface area contributed by atoms with E-state index in [1.54, 1.807) is 6.92 Å². The van der Waals surface area contributed by atoms with Gasteiger partial charge in [-0.3, -0.25) is 4.55 Å². The number of nitrogens with one attached hydrogen (secondary N) is 2. The molecule has 0 bridgehead atoms. The minimum absolute atomic E-state index is 0.229. The summed E-state index contributed by atoms with van der Waals surface area (Å²) in [5.74, 6) is 0.957. The van der Waals surface area contributed by atoms with Crippen LogP contribution in [0.4, 0.5) is 10.5 Å². The van der Waals surface area contributed by atoms with Crippen LogP contribution in [0, 0.1) is 0 Å². The molecule has 0 aliphatic heterocycles. The van der Waals surface area contributed by atoms with Crippen molar-refractivity contribution in [2.45, 2.75) is 37.8 Å². The van der Waals surface area contributed by atoms with Crippen molar-refractivity contribution >= 4 is 21.8 Å². The summed E-state index contributed by atoms with van der Waals surface area (Å²) in [6, 6.07) is 12.3. The molecule has 0 radical (unpaired) electrons. The van der Waals surface area contributed by atoms with Gasteiger partial charge in [0.25, 0.3) is 10.1 Å². The second-order valence-electron chi connectivity index (χ2n) is 6.05. The van der Waals surface area contributed by atoms with Gasteiger partial charge < -0.3 is 15.4 Å². The van der Waals surface area contributed by atoms with Gasteiger partial charge in [0.05, 0.1) is 4.90 Å². The molecule has 0 fully saturated rings. The number of para-hydroxylation sites is 1. The Labute approximate surface area is 153 Å². The standard InChI is InChI=1S/C18H22N2O5S/c1-12(2)16-9-4-5-10-17(16)25-13(3)19-18(21)20-14-7-6-8-15(11-14)26(22,23)24/h4-13H,1-3H3,(H2,19,20,21)(H,22,23,24). The zero-order valence-electron chi connectivity index (χ0n) is 14.8. The van der Waals surface area contributed by atoms with Gasteiger partial charge in [-0.2, -0.15) is 8.42 Å². The molecule has 7 nitrogen and oxygen atoms in total. The van der Waals surface area contributed by atoms with E-state index >= 15 is 0 Å². The van der Waals surface area contributed by atoms with Gasteiger partial charge in [-0.1, -0.05) is 38.1 Å². The first-order valence-electron chi connectivity index (χ1n) is 8.07. The van der Waals surface area contributed by atoms with E-state index in [4.69, 9.17) is 9.29 Å². The summed E-state index contributed by atoms with van der Waals surface area (Å²) in [6.07, 6.45) is -0.611. The molecule has 0 spiro atoms. The molecule has 1 atom stereocenters. The van der Waals surface area contributed by atoms with Crippen molar-refractivity contribution in [1.82, 2.24) is 5.32 Å². The molecule has 2 rings (SSSR count). The average molecular weight is 378 g/mol. The first-order chi connectivity index (χ1) is 12.2. The summed E-state index contributed by atoms with van der Waals surface area (Å²) in [5, 5.41) is 5.12. The van der Waals surface area contributed by atoms with Crippen LogP contribution in [0.1, 0.15) is 32.3 Å². The fourth-order valence-electron chi connectivity index (χ4n) is 2.37. The maximum Gasteiger partial charge on any atom is 0.322 e. The number of benzene rings is 2. The molecule has 0 aliphatic carbocycles. The van der Waals surface area contributed by atoms with E-state index in [1.165, 1.54) is 18.2 Å². The molecular weight excluding hydrogens is 356 g/mol. The van der Waals surface area contributed by atoms with Gasteiger partial charge in [-0.05, 0) is 42.7 Å². The molecule has 26 heavy (non-hydrogen) atoms. The van der Waals surface area contributed by atoms with Crippen molar-refractivity contribution in [3.8, 4) is 5.75 Å². The van der Waals surface area contributed by atoms with Crippen LogP contribution in [0.3, 0.4) is 0 Å². The Hall–Kier alpha value is -2.58. The third kappa shape index (κ3) is 5.47. The van der Waals surface area contributed by atoms with E-state index in [1.807, 2.05) is 24.3 Å². The van der Waals surface area contributed by atoms with Crippen LogP contribution in [0.15, 0.2) is 53.4 Å². The predicted octanol–water partition coefficient (Wildman–Crippen LogP) is 3.60. The Bertz CT molecular complexity index is 881. The molecule has 2 amide bonds. The number of urea groups is 1. The molecule has 1 unspecified atom stereocenters. The van der Waals surface area contributed by atoms with Crippen molar-refractivity contribution in [2.24, 2.45) is 0 Å². The SMILES string of the molecule is CC(NC(=O)Nc1cccc(S(=O)(=O)O)c1)Oc1ccccc1C(C)C. The number of carbonyl (C=O) groups is 1. The highest BCUT2D eigenvalue weighted by atomic mass is 32.2. The minimum atomic E-state index is -4.33. The van der Waals surface area contributed by atoms with Crippen LogP contribution < -0.4 is 15.4 Å². The van der Waals surface area contributed by atoms with E-state index < -0.39 is 22.4 Å². The van der Waals surface area contributed by atoms with Crippen molar-refractivity contribution in [2.75, 3.05) is 5.32 Å². The smallest absolute Gasteiger partial charge is 0.322 e. The number of carbonyl (C=O) groups excluding carboxylic acids is 1. The van der Waals surface area contributed by atoms with E-state index in [-0.39, 0.29) is 16.5 Å². The maximum atomic E-state index is 12.1. The Balaban J connectivity index is 2.00. The van der Waals surface area contributed by atoms with E-state index in [0.29, 0.717) is 5.75 Å². The Morgan fingerprint density at radius 1 is 1.08 bits per heavy atom. The first-order valence-corrected chi connectivity index (χ1v) is 9.51. The lowest BCUT2D eigenvalue weighted by Crippen LogP contribution is -2.39. The maximum absolute atomic E-state index is 12.1. The van der Waals surface area contributed by atoms with Crippen molar-refractivity contribution < 1.29 is 22.5 Å². The zero-order valence-corrected chi connectivity index (χ0v) is 15.6. The number of amides is 2. The Morgan fingerprint density at radius 3 is 2.42 bits per heavy atom. The first kappa shape index (κ1) is 19.7. The van der Waals surface area contributed by atoms with Gasteiger partial charge >= 0.3 is 6.03 Å². The largest absolute Gasteiger partial charge is 0.471 e. The van der Waals surface area contributed by atoms with Gasteiger partial charge in [0.15, 0.2) is 6.23 Å². The second kappa shape index (κ2) is 8.20. The molecule has 2 aromatic carbocycles. The molecule has 0 aliphatic rings. The number of hydrogen-bond donors (Lipinski definition) is 3. The topological polar surface area (TPSA) is 105 Å². The predicted molar refractivity (Wildman–Crippen MR) is 99.0 cm³/mol. The normalized spacial score (nSPS) is 12.5. The molecule has 0 aromatic heterocycles. The number of hydrogen-bond acceptors (Lipinski definition) is 4. The molecule has 2 aromatic rings. The van der Waals surface area contributed by atoms with E-state index in [0.717, 1.165) is 11.6 Å². The van der Waals surface area contributed by atoms with Crippen LogP contribution in [0.5, 0.6) is 5.75 Å². The summed E-state index contributed by atoms with van der Waals surface area (Å²) in [6.45, 7) is 5.79. The third-order valence-corrected chi connectivity index (χ3v) is 4.42. The molecule has 0 saturated heterocycles. The van der Waals surface area contributed by atoms with Gasteiger partial charge in [0.2, 0.25) is 0 Å². The van der Waals surface area contributed by atoms with Gasteiger partial charge in [0, 0.05) is 5.69 Å².